The summed E-state index contributed by atoms with van der Waals surface area (Å²) < 4.78 is 6.42. The van der Waals surface area contributed by atoms with Crippen LogP contribution in [0.5, 0.6) is 0 Å². The summed E-state index contributed by atoms with van der Waals surface area (Å²) in [5.41, 5.74) is 2.20. The molecule has 0 aliphatic carbocycles. The van der Waals surface area contributed by atoms with Crippen LogP contribution in [0.1, 0.15) is 30.1 Å². The molecule has 0 bridgehead atoms. The van der Waals surface area contributed by atoms with Crippen molar-refractivity contribution in [1.29, 1.82) is 0 Å². The molecule has 1 N–H and O–H groups in total. The zero-order valence-electron chi connectivity index (χ0n) is 12.0. The topological polar surface area (TPSA) is 21.3 Å². The van der Waals surface area contributed by atoms with Gasteiger partial charge in [0.25, 0.3) is 0 Å². The quantitative estimate of drug-likeness (QED) is 0.914. The Morgan fingerprint density at radius 1 is 0.952 bits per heavy atom. The van der Waals surface area contributed by atoms with Gasteiger partial charge in [0.05, 0.1) is 6.10 Å². The van der Waals surface area contributed by atoms with E-state index in [1.165, 1.54) is 0 Å². The summed E-state index contributed by atoms with van der Waals surface area (Å²) in [4.78, 5) is 0. The van der Waals surface area contributed by atoms with Crippen molar-refractivity contribution in [3.05, 3.63) is 70.7 Å². The first kappa shape index (κ1) is 14.6. The largest absolute Gasteiger partial charge is 0.365 e. The third-order valence-electron chi connectivity index (χ3n) is 3.90. The van der Waals surface area contributed by atoms with Gasteiger partial charge in [0.2, 0.25) is 0 Å². The van der Waals surface area contributed by atoms with Gasteiger partial charge in [0.15, 0.2) is 0 Å². The molecule has 0 spiro atoms. The van der Waals surface area contributed by atoms with Crippen LogP contribution in [0.3, 0.4) is 0 Å². The summed E-state index contributed by atoms with van der Waals surface area (Å²) in [5.74, 6) is 0. The summed E-state index contributed by atoms with van der Waals surface area (Å²) in [5, 5.41) is 4.14. The van der Waals surface area contributed by atoms with Gasteiger partial charge in [0.1, 0.15) is 6.10 Å². The molecular formula is C18H20ClNO. The fraction of sp³-hybridized carbons (Fsp3) is 0.333. The summed E-state index contributed by atoms with van der Waals surface area (Å²) in [7, 11) is 0. The molecule has 110 valence electrons. The van der Waals surface area contributed by atoms with Gasteiger partial charge in [-0.1, -0.05) is 60.1 Å². The molecule has 1 aliphatic heterocycles. The Balaban J connectivity index is 1.89. The maximum atomic E-state index is 6.42. The number of rotatable bonds is 4. The molecule has 1 unspecified atom stereocenters. The first-order valence-corrected chi connectivity index (χ1v) is 7.88. The second-order valence-corrected chi connectivity index (χ2v) is 5.80. The summed E-state index contributed by atoms with van der Waals surface area (Å²) in [6, 6.07) is 18.3. The fourth-order valence-electron chi connectivity index (χ4n) is 2.77. The lowest BCUT2D eigenvalue weighted by molar-refractivity contribution is -0.00800. The maximum Gasteiger partial charge on any atom is 0.109 e. The van der Waals surface area contributed by atoms with E-state index in [0.717, 1.165) is 42.1 Å². The van der Waals surface area contributed by atoms with Crippen LogP contribution in [-0.2, 0) is 4.74 Å². The van der Waals surface area contributed by atoms with E-state index < -0.39 is 0 Å². The summed E-state index contributed by atoms with van der Waals surface area (Å²) >= 11 is 6.39. The normalized spacial score (nSPS) is 17.6. The number of nitrogens with one attached hydrogen (secondary N) is 1. The van der Waals surface area contributed by atoms with Gasteiger partial charge in [-0.3, -0.25) is 0 Å². The van der Waals surface area contributed by atoms with Crippen LogP contribution in [0.4, 0.5) is 0 Å². The molecule has 2 aromatic carbocycles. The molecule has 0 saturated carbocycles. The molecule has 1 aliphatic rings. The predicted molar refractivity (Wildman–Crippen MR) is 86.7 cm³/mol. The van der Waals surface area contributed by atoms with Gasteiger partial charge in [-0.25, -0.2) is 0 Å². The van der Waals surface area contributed by atoms with E-state index in [1.54, 1.807) is 0 Å². The van der Waals surface area contributed by atoms with Crippen molar-refractivity contribution in [3.8, 4) is 0 Å². The molecule has 2 aromatic rings. The second-order valence-electron chi connectivity index (χ2n) is 5.40. The predicted octanol–water partition coefficient (Wildman–Crippen LogP) is 4.20. The van der Waals surface area contributed by atoms with E-state index in [0.29, 0.717) is 0 Å². The Labute approximate surface area is 131 Å². The number of ether oxygens (including phenoxy) is 1. The third-order valence-corrected chi connectivity index (χ3v) is 4.25. The van der Waals surface area contributed by atoms with E-state index in [1.807, 2.05) is 36.4 Å². The van der Waals surface area contributed by atoms with Crippen LogP contribution in [0.15, 0.2) is 54.6 Å². The molecule has 1 fully saturated rings. The first-order valence-electron chi connectivity index (χ1n) is 7.50. The molecular weight excluding hydrogens is 282 g/mol. The molecule has 1 saturated heterocycles. The van der Waals surface area contributed by atoms with Crippen molar-refractivity contribution in [3.63, 3.8) is 0 Å². The molecule has 0 aromatic heterocycles. The molecule has 1 heterocycles. The van der Waals surface area contributed by atoms with E-state index in [4.69, 9.17) is 16.3 Å². The Hall–Kier alpha value is -1.35. The number of hydrogen-bond acceptors (Lipinski definition) is 2. The smallest absolute Gasteiger partial charge is 0.109 e. The molecule has 3 heteroatoms. The van der Waals surface area contributed by atoms with Crippen molar-refractivity contribution in [2.75, 3.05) is 13.1 Å². The lowest BCUT2D eigenvalue weighted by atomic mass is 10.00. The molecule has 1 atom stereocenters. The molecule has 2 nitrogen and oxygen atoms in total. The molecule has 3 rings (SSSR count). The minimum atomic E-state index is -0.0944. The highest BCUT2D eigenvalue weighted by atomic mass is 35.5. The van der Waals surface area contributed by atoms with Crippen LogP contribution >= 0.6 is 11.6 Å². The third kappa shape index (κ3) is 3.65. The SMILES string of the molecule is Clc1ccccc1C(OC1CCNCC1)c1ccccc1. The van der Waals surface area contributed by atoms with E-state index in [-0.39, 0.29) is 12.2 Å². The van der Waals surface area contributed by atoms with Crippen LogP contribution in [-0.4, -0.2) is 19.2 Å². The number of piperidine rings is 1. The molecule has 0 amide bonds. The zero-order valence-corrected chi connectivity index (χ0v) is 12.7. The van der Waals surface area contributed by atoms with Crippen molar-refractivity contribution in [2.45, 2.75) is 25.0 Å². The zero-order chi connectivity index (χ0) is 14.5. The van der Waals surface area contributed by atoms with Crippen molar-refractivity contribution < 1.29 is 4.74 Å². The number of hydrogen-bond donors (Lipinski definition) is 1. The van der Waals surface area contributed by atoms with Crippen LogP contribution in [0.25, 0.3) is 0 Å². The summed E-state index contributed by atoms with van der Waals surface area (Å²) in [6.07, 6.45) is 2.29. The molecule has 21 heavy (non-hydrogen) atoms. The lowest BCUT2D eigenvalue weighted by Gasteiger charge is -2.29. The van der Waals surface area contributed by atoms with Gasteiger partial charge in [-0.2, -0.15) is 0 Å². The van der Waals surface area contributed by atoms with Crippen molar-refractivity contribution >= 4 is 11.6 Å². The van der Waals surface area contributed by atoms with Gasteiger partial charge in [-0.15, -0.1) is 0 Å². The summed E-state index contributed by atoms with van der Waals surface area (Å²) in [6.45, 7) is 2.05. The highest BCUT2D eigenvalue weighted by molar-refractivity contribution is 6.31. The Bertz CT molecular complexity index is 566. The van der Waals surface area contributed by atoms with Gasteiger partial charge in [0, 0.05) is 10.6 Å². The van der Waals surface area contributed by atoms with Crippen LogP contribution < -0.4 is 5.32 Å². The Morgan fingerprint density at radius 2 is 1.62 bits per heavy atom. The Kier molecular flexibility index (Phi) is 4.91. The van der Waals surface area contributed by atoms with E-state index >= 15 is 0 Å². The minimum absolute atomic E-state index is 0.0944. The molecule has 0 radical (unpaired) electrons. The van der Waals surface area contributed by atoms with Crippen LogP contribution in [0, 0.1) is 0 Å². The minimum Gasteiger partial charge on any atom is -0.365 e. The fourth-order valence-corrected chi connectivity index (χ4v) is 3.01. The van der Waals surface area contributed by atoms with Gasteiger partial charge < -0.3 is 10.1 Å². The maximum absolute atomic E-state index is 6.42. The highest BCUT2D eigenvalue weighted by Crippen LogP contribution is 2.33. The van der Waals surface area contributed by atoms with Gasteiger partial charge in [-0.05, 0) is 37.6 Å². The van der Waals surface area contributed by atoms with Gasteiger partial charge >= 0.3 is 0 Å². The standard InChI is InChI=1S/C18H20ClNO/c19-17-9-5-4-8-16(17)18(14-6-2-1-3-7-14)21-15-10-12-20-13-11-15/h1-9,15,18,20H,10-13H2. The number of halogens is 1. The first-order chi connectivity index (χ1) is 10.3. The van der Waals surface area contributed by atoms with E-state index in [2.05, 4.69) is 23.5 Å². The van der Waals surface area contributed by atoms with Crippen molar-refractivity contribution in [1.82, 2.24) is 5.32 Å². The Morgan fingerprint density at radius 3 is 2.33 bits per heavy atom. The average molecular weight is 302 g/mol. The van der Waals surface area contributed by atoms with Crippen LogP contribution in [0.2, 0.25) is 5.02 Å². The van der Waals surface area contributed by atoms with E-state index in [9.17, 15) is 0 Å². The average Bonchev–Trinajstić information content (AvgIpc) is 2.55. The highest BCUT2D eigenvalue weighted by Gasteiger charge is 2.23. The van der Waals surface area contributed by atoms with Crippen molar-refractivity contribution in [2.24, 2.45) is 0 Å². The number of benzene rings is 2. The second kappa shape index (κ2) is 7.08. The monoisotopic (exact) mass is 301 g/mol. The lowest BCUT2D eigenvalue weighted by Crippen LogP contribution is -2.33.